The van der Waals surface area contributed by atoms with Crippen molar-refractivity contribution in [2.75, 3.05) is 11.1 Å². The number of halogens is 1. The summed E-state index contributed by atoms with van der Waals surface area (Å²) in [6, 6.07) is 0. The molecule has 4 nitrogen and oxygen atoms in total. The maximum atomic E-state index is 11.3. The predicted molar refractivity (Wildman–Crippen MR) is 80.6 cm³/mol. The highest BCUT2D eigenvalue weighted by Crippen LogP contribution is 2.37. The molecule has 0 atom stereocenters. The van der Waals surface area contributed by atoms with Gasteiger partial charge < -0.3 is 0 Å². The number of nitrogens with one attached hydrogen (secondary N) is 1. The lowest BCUT2D eigenvalue weighted by molar-refractivity contribution is 0.320. The van der Waals surface area contributed by atoms with Crippen LogP contribution < -0.4 is 5.69 Å². The van der Waals surface area contributed by atoms with Crippen LogP contribution in [0.25, 0.3) is 0 Å². The van der Waals surface area contributed by atoms with E-state index in [-0.39, 0.29) is 5.69 Å². The molecule has 0 amide bonds. The van der Waals surface area contributed by atoms with Crippen molar-refractivity contribution in [3.63, 3.8) is 0 Å². The molecule has 0 aliphatic carbocycles. The van der Waals surface area contributed by atoms with Crippen LogP contribution in [0.2, 0.25) is 0 Å². The summed E-state index contributed by atoms with van der Waals surface area (Å²) in [4.78, 5) is 11.3. The highest BCUT2D eigenvalue weighted by atomic mass is 79.9. The van der Waals surface area contributed by atoms with Crippen LogP contribution in [-0.2, 0) is 7.05 Å². The van der Waals surface area contributed by atoms with Gasteiger partial charge in [0.05, 0.1) is 0 Å². The van der Waals surface area contributed by atoms with Gasteiger partial charge in [-0.15, -0.1) is 5.10 Å². The first-order valence-corrected chi connectivity index (χ1v) is 8.49. The van der Waals surface area contributed by atoms with Crippen LogP contribution in [0.15, 0.2) is 9.95 Å². The summed E-state index contributed by atoms with van der Waals surface area (Å²) in [6.45, 7) is 4.45. The maximum Gasteiger partial charge on any atom is 0.343 e. The van der Waals surface area contributed by atoms with Crippen LogP contribution in [0.5, 0.6) is 0 Å². The number of nitrogens with zero attached hydrogens (tertiary/aromatic N) is 2. The van der Waals surface area contributed by atoms with Crippen LogP contribution in [0, 0.1) is 5.41 Å². The van der Waals surface area contributed by atoms with E-state index in [0.29, 0.717) is 5.41 Å². The van der Waals surface area contributed by atoms with Crippen molar-refractivity contribution in [1.29, 1.82) is 0 Å². The van der Waals surface area contributed by atoms with E-state index in [9.17, 15) is 4.79 Å². The normalized spacial score (nSPS) is 12.0. The smallest absolute Gasteiger partial charge is 0.273 e. The Balaban J connectivity index is 2.72. The van der Waals surface area contributed by atoms with E-state index in [2.05, 4.69) is 40.0 Å². The lowest BCUT2D eigenvalue weighted by Crippen LogP contribution is -2.26. The van der Waals surface area contributed by atoms with Crippen LogP contribution in [0.1, 0.15) is 39.5 Å². The fraction of sp³-hybridized carbons (Fsp3) is 0.833. The third-order valence-corrected chi connectivity index (χ3v) is 5.76. The Morgan fingerprint density at radius 3 is 2.39 bits per heavy atom. The Labute approximate surface area is 121 Å². The van der Waals surface area contributed by atoms with Crippen molar-refractivity contribution in [1.82, 2.24) is 14.8 Å². The van der Waals surface area contributed by atoms with E-state index in [1.54, 1.807) is 23.4 Å². The average molecular weight is 336 g/mol. The van der Waals surface area contributed by atoms with Gasteiger partial charge >= 0.3 is 5.69 Å². The Morgan fingerprint density at radius 2 is 2.00 bits per heavy atom. The Morgan fingerprint density at radius 1 is 1.39 bits per heavy atom. The Kier molecular flexibility index (Phi) is 6.49. The molecule has 1 rings (SSSR count). The number of aromatic nitrogens is 3. The van der Waals surface area contributed by atoms with Crippen molar-refractivity contribution in [3.05, 3.63) is 10.5 Å². The highest BCUT2D eigenvalue weighted by Gasteiger charge is 2.28. The fourth-order valence-corrected chi connectivity index (χ4v) is 4.42. The summed E-state index contributed by atoms with van der Waals surface area (Å²) in [5.41, 5.74) is 0.163. The Hall–Kier alpha value is -0.230. The molecule has 6 heteroatoms. The van der Waals surface area contributed by atoms with Gasteiger partial charge in [-0.2, -0.15) is 0 Å². The van der Waals surface area contributed by atoms with Gasteiger partial charge in [-0.05, 0) is 18.3 Å². The highest BCUT2D eigenvalue weighted by molar-refractivity contribution is 9.09. The fourth-order valence-electron chi connectivity index (χ4n) is 2.18. The van der Waals surface area contributed by atoms with E-state index in [0.717, 1.165) is 16.2 Å². The van der Waals surface area contributed by atoms with Gasteiger partial charge in [-0.3, -0.25) is 4.57 Å². The maximum absolute atomic E-state index is 11.3. The number of thioether (sulfide) groups is 1. The standard InChI is InChI=1S/C12H22BrN3OS/c1-4-6-12(8-13,7-5-2)9-18-11-15-14-10(17)16(11)3/h4-9H2,1-3H3,(H,14,17). The zero-order valence-electron chi connectivity index (χ0n) is 11.3. The van der Waals surface area contributed by atoms with Gasteiger partial charge in [0, 0.05) is 18.1 Å². The van der Waals surface area contributed by atoms with E-state index in [1.165, 1.54) is 25.7 Å². The molecule has 0 unspecified atom stereocenters. The first-order chi connectivity index (χ1) is 8.58. The molecule has 104 valence electrons. The molecule has 1 N–H and O–H groups in total. The molecule has 0 bridgehead atoms. The van der Waals surface area contributed by atoms with Crippen LogP contribution >= 0.6 is 27.7 Å². The van der Waals surface area contributed by atoms with Crippen LogP contribution in [0.3, 0.4) is 0 Å². The molecule has 0 saturated heterocycles. The van der Waals surface area contributed by atoms with E-state index in [1.807, 2.05) is 0 Å². The van der Waals surface area contributed by atoms with Crippen molar-refractivity contribution >= 4 is 27.7 Å². The summed E-state index contributed by atoms with van der Waals surface area (Å²) in [5.74, 6) is 0.998. The predicted octanol–water partition coefficient (Wildman–Crippen LogP) is 3.18. The SMILES string of the molecule is CCCC(CBr)(CCC)CSc1n[nH]c(=O)n1C. The molecule has 0 aliphatic rings. The minimum absolute atomic E-state index is 0.145. The first kappa shape index (κ1) is 15.8. The molecule has 1 heterocycles. The van der Waals surface area contributed by atoms with E-state index in [4.69, 9.17) is 0 Å². The quantitative estimate of drug-likeness (QED) is 0.586. The van der Waals surface area contributed by atoms with Gasteiger partial charge in [-0.25, -0.2) is 9.89 Å². The van der Waals surface area contributed by atoms with Gasteiger partial charge in [0.2, 0.25) is 0 Å². The monoisotopic (exact) mass is 335 g/mol. The number of aromatic amines is 1. The van der Waals surface area contributed by atoms with Crippen LogP contribution in [0.4, 0.5) is 0 Å². The number of rotatable bonds is 8. The summed E-state index contributed by atoms with van der Waals surface area (Å²) in [6.07, 6.45) is 4.78. The molecule has 1 aromatic heterocycles. The first-order valence-electron chi connectivity index (χ1n) is 6.38. The molecular weight excluding hydrogens is 314 g/mol. The van der Waals surface area contributed by atoms with Gasteiger partial charge in [-0.1, -0.05) is 54.4 Å². The summed E-state index contributed by atoms with van der Waals surface area (Å²) in [7, 11) is 1.75. The molecule has 0 aromatic carbocycles. The van der Waals surface area contributed by atoms with Crippen molar-refractivity contribution in [2.45, 2.75) is 44.7 Å². The third kappa shape index (κ3) is 3.88. The zero-order valence-corrected chi connectivity index (χ0v) is 13.7. The van der Waals surface area contributed by atoms with Crippen molar-refractivity contribution < 1.29 is 0 Å². The topological polar surface area (TPSA) is 50.7 Å². The molecule has 0 saturated carbocycles. The summed E-state index contributed by atoms with van der Waals surface area (Å²) >= 11 is 5.33. The second-order valence-electron chi connectivity index (χ2n) is 4.79. The van der Waals surface area contributed by atoms with E-state index < -0.39 is 0 Å². The minimum atomic E-state index is -0.145. The molecule has 0 radical (unpaired) electrons. The average Bonchev–Trinajstić information content (AvgIpc) is 2.68. The summed E-state index contributed by atoms with van der Waals surface area (Å²) in [5, 5.41) is 8.31. The molecule has 0 fully saturated rings. The molecule has 0 spiro atoms. The molecule has 18 heavy (non-hydrogen) atoms. The second kappa shape index (κ2) is 7.38. The Bertz CT molecular complexity index is 410. The number of hydrogen-bond donors (Lipinski definition) is 1. The number of alkyl halides is 1. The third-order valence-electron chi connectivity index (χ3n) is 3.19. The van der Waals surface area contributed by atoms with Gasteiger partial charge in [0.1, 0.15) is 0 Å². The number of H-pyrrole nitrogens is 1. The lowest BCUT2D eigenvalue weighted by Gasteiger charge is -2.31. The molecule has 0 aliphatic heterocycles. The van der Waals surface area contributed by atoms with E-state index >= 15 is 0 Å². The van der Waals surface area contributed by atoms with Crippen LogP contribution in [-0.4, -0.2) is 25.8 Å². The van der Waals surface area contributed by atoms with Crippen molar-refractivity contribution in [3.8, 4) is 0 Å². The minimum Gasteiger partial charge on any atom is -0.273 e. The second-order valence-corrected chi connectivity index (χ2v) is 6.30. The largest absolute Gasteiger partial charge is 0.343 e. The number of hydrogen-bond acceptors (Lipinski definition) is 3. The zero-order chi connectivity index (χ0) is 13.6. The van der Waals surface area contributed by atoms with Gasteiger partial charge in [0.25, 0.3) is 0 Å². The summed E-state index contributed by atoms with van der Waals surface area (Å²) < 4.78 is 1.57. The molecular formula is C12H22BrN3OS. The lowest BCUT2D eigenvalue weighted by atomic mass is 9.83. The van der Waals surface area contributed by atoms with Gasteiger partial charge in [0.15, 0.2) is 5.16 Å². The van der Waals surface area contributed by atoms with Crippen molar-refractivity contribution in [2.24, 2.45) is 12.5 Å². The molecule has 1 aromatic rings.